The average Bonchev–Trinajstić information content (AvgIpc) is 2.74. The van der Waals surface area contributed by atoms with Crippen molar-refractivity contribution < 1.29 is 0 Å². The molecule has 1 unspecified atom stereocenters. The maximum atomic E-state index is 5.80. The Bertz CT molecular complexity index is 437. The summed E-state index contributed by atoms with van der Waals surface area (Å²) in [7, 11) is 0. The number of hydrogen-bond acceptors (Lipinski definition) is 4. The van der Waals surface area contributed by atoms with Gasteiger partial charge < -0.3 is 15.6 Å². The monoisotopic (exact) mass is 217 g/mol. The van der Waals surface area contributed by atoms with Gasteiger partial charge >= 0.3 is 0 Å². The molecule has 0 saturated heterocycles. The van der Waals surface area contributed by atoms with Gasteiger partial charge in [0.2, 0.25) is 0 Å². The van der Waals surface area contributed by atoms with Crippen LogP contribution in [0.15, 0.2) is 37.1 Å². The predicted molar refractivity (Wildman–Crippen MR) is 64.0 cm³/mol. The molecule has 84 valence electrons. The highest BCUT2D eigenvalue weighted by Gasteiger charge is 2.05. The molecule has 3 N–H and O–H groups in total. The third-order valence-corrected chi connectivity index (χ3v) is 2.27. The number of imidazole rings is 1. The lowest BCUT2D eigenvalue weighted by Crippen LogP contribution is -2.22. The first-order valence-corrected chi connectivity index (χ1v) is 5.18. The van der Waals surface area contributed by atoms with Gasteiger partial charge in [-0.3, -0.25) is 0 Å². The molecule has 0 aliphatic rings. The molecule has 5 heteroatoms. The molecule has 0 aliphatic heterocycles. The molecule has 0 bridgehead atoms. The van der Waals surface area contributed by atoms with Gasteiger partial charge in [0.15, 0.2) is 0 Å². The summed E-state index contributed by atoms with van der Waals surface area (Å²) in [6.07, 6.45) is 7.21. The molecule has 0 aliphatic carbocycles. The normalized spacial score (nSPS) is 12.3. The minimum atomic E-state index is 0.242. The molecule has 2 rings (SSSR count). The zero-order chi connectivity index (χ0) is 11.4. The van der Waals surface area contributed by atoms with Crippen molar-refractivity contribution in [2.45, 2.75) is 19.5 Å². The number of aromatic nitrogens is 3. The summed E-state index contributed by atoms with van der Waals surface area (Å²) in [6.45, 7) is 2.91. The van der Waals surface area contributed by atoms with E-state index in [-0.39, 0.29) is 6.04 Å². The molecule has 2 heterocycles. The highest BCUT2D eigenvalue weighted by atomic mass is 15.1. The minimum Gasteiger partial charge on any atom is -0.396 e. The van der Waals surface area contributed by atoms with Crippen LogP contribution in [-0.2, 0) is 6.54 Å². The summed E-state index contributed by atoms with van der Waals surface area (Å²) < 4.78 is 2.01. The lowest BCUT2D eigenvalue weighted by molar-refractivity contribution is 0.617. The van der Waals surface area contributed by atoms with Gasteiger partial charge in [-0.25, -0.2) is 9.97 Å². The second-order valence-electron chi connectivity index (χ2n) is 3.75. The van der Waals surface area contributed by atoms with Gasteiger partial charge in [-0.15, -0.1) is 0 Å². The molecule has 5 nitrogen and oxygen atoms in total. The molecule has 2 aromatic heterocycles. The Labute approximate surface area is 94.3 Å². The fourth-order valence-electron chi connectivity index (χ4n) is 1.53. The van der Waals surface area contributed by atoms with E-state index in [1.807, 2.05) is 22.9 Å². The Morgan fingerprint density at radius 2 is 2.38 bits per heavy atom. The number of nitrogen functional groups attached to an aromatic ring is 1. The van der Waals surface area contributed by atoms with Crippen LogP contribution in [0.5, 0.6) is 0 Å². The predicted octanol–water partition coefficient (Wildman–Crippen LogP) is 1.36. The van der Waals surface area contributed by atoms with Crippen LogP contribution in [0.3, 0.4) is 0 Å². The van der Waals surface area contributed by atoms with Crippen LogP contribution in [0.1, 0.15) is 6.92 Å². The Balaban J connectivity index is 1.97. The summed E-state index contributed by atoms with van der Waals surface area (Å²) in [5.41, 5.74) is 6.46. The number of hydrogen-bond donors (Lipinski definition) is 2. The molecular weight excluding hydrogens is 202 g/mol. The van der Waals surface area contributed by atoms with Crippen LogP contribution >= 0.6 is 0 Å². The summed E-state index contributed by atoms with van der Waals surface area (Å²) in [5.74, 6) is 0.732. The first kappa shape index (κ1) is 10.5. The van der Waals surface area contributed by atoms with E-state index in [9.17, 15) is 0 Å². The molecule has 0 amide bonds. The number of nitrogens with one attached hydrogen (secondary N) is 1. The van der Waals surface area contributed by atoms with Crippen molar-refractivity contribution in [2.75, 3.05) is 11.1 Å². The maximum absolute atomic E-state index is 5.80. The molecule has 2 aromatic rings. The number of nitrogens with two attached hydrogens (primary N) is 1. The minimum absolute atomic E-state index is 0.242. The van der Waals surface area contributed by atoms with Crippen LogP contribution in [0.2, 0.25) is 0 Å². The second-order valence-corrected chi connectivity index (χ2v) is 3.75. The molecule has 1 atom stereocenters. The van der Waals surface area contributed by atoms with Crippen molar-refractivity contribution in [2.24, 2.45) is 0 Å². The van der Waals surface area contributed by atoms with E-state index in [1.54, 1.807) is 18.7 Å². The number of pyridine rings is 1. The zero-order valence-electron chi connectivity index (χ0n) is 9.17. The Morgan fingerprint density at radius 3 is 3.06 bits per heavy atom. The molecule has 0 spiro atoms. The van der Waals surface area contributed by atoms with Gasteiger partial charge in [0, 0.05) is 31.2 Å². The first-order chi connectivity index (χ1) is 7.75. The lowest BCUT2D eigenvalue weighted by Gasteiger charge is -2.15. The van der Waals surface area contributed by atoms with Gasteiger partial charge in [-0.2, -0.15) is 0 Å². The number of anilines is 2. The van der Waals surface area contributed by atoms with Crippen molar-refractivity contribution in [1.29, 1.82) is 0 Å². The van der Waals surface area contributed by atoms with E-state index in [4.69, 9.17) is 5.73 Å². The maximum Gasteiger partial charge on any atom is 0.149 e. The van der Waals surface area contributed by atoms with Crippen LogP contribution in [0, 0.1) is 0 Å². The fourth-order valence-corrected chi connectivity index (χ4v) is 1.53. The van der Waals surface area contributed by atoms with Gasteiger partial charge in [-0.1, -0.05) is 0 Å². The van der Waals surface area contributed by atoms with E-state index in [0.717, 1.165) is 12.4 Å². The van der Waals surface area contributed by atoms with Crippen molar-refractivity contribution in [1.82, 2.24) is 14.5 Å². The Kier molecular flexibility index (Phi) is 3.05. The first-order valence-electron chi connectivity index (χ1n) is 5.18. The molecule has 16 heavy (non-hydrogen) atoms. The van der Waals surface area contributed by atoms with Crippen molar-refractivity contribution in [3.05, 3.63) is 37.1 Å². The van der Waals surface area contributed by atoms with Crippen LogP contribution in [0.25, 0.3) is 0 Å². The highest BCUT2D eigenvalue weighted by molar-refractivity contribution is 5.60. The second kappa shape index (κ2) is 4.65. The van der Waals surface area contributed by atoms with E-state index in [2.05, 4.69) is 22.2 Å². The Hall–Kier alpha value is -2.04. The van der Waals surface area contributed by atoms with E-state index in [0.29, 0.717) is 5.69 Å². The third kappa shape index (κ3) is 2.50. The quantitative estimate of drug-likeness (QED) is 0.811. The molecule has 0 fully saturated rings. The van der Waals surface area contributed by atoms with E-state index in [1.165, 1.54) is 0 Å². The van der Waals surface area contributed by atoms with Crippen LogP contribution in [0.4, 0.5) is 11.5 Å². The highest BCUT2D eigenvalue weighted by Crippen LogP contribution is 2.14. The van der Waals surface area contributed by atoms with Crippen molar-refractivity contribution in [3.63, 3.8) is 0 Å². The summed E-state index contributed by atoms with van der Waals surface area (Å²) >= 11 is 0. The zero-order valence-corrected chi connectivity index (χ0v) is 9.17. The molecular formula is C11H15N5. The van der Waals surface area contributed by atoms with Crippen molar-refractivity contribution in [3.8, 4) is 0 Å². The summed E-state index contributed by atoms with van der Waals surface area (Å²) in [4.78, 5) is 8.18. The number of nitrogens with zero attached hydrogens (tertiary/aromatic N) is 3. The SMILES string of the molecule is CC(Cn1ccnc1)Nc1ncccc1N. The fraction of sp³-hybridized carbons (Fsp3) is 0.273. The van der Waals surface area contributed by atoms with E-state index >= 15 is 0 Å². The summed E-state index contributed by atoms with van der Waals surface area (Å²) in [6, 6.07) is 3.90. The van der Waals surface area contributed by atoms with Gasteiger partial charge in [-0.05, 0) is 19.1 Å². The Morgan fingerprint density at radius 1 is 1.50 bits per heavy atom. The van der Waals surface area contributed by atoms with Crippen LogP contribution < -0.4 is 11.1 Å². The summed E-state index contributed by atoms with van der Waals surface area (Å²) in [5, 5.41) is 3.26. The van der Waals surface area contributed by atoms with Gasteiger partial charge in [0.05, 0.1) is 12.0 Å². The topological polar surface area (TPSA) is 68.8 Å². The van der Waals surface area contributed by atoms with Gasteiger partial charge in [0.1, 0.15) is 5.82 Å². The third-order valence-electron chi connectivity index (χ3n) is 2.27. The molecule has 0 radical (unpaired) electrons. The van der Waals surface area contributed by atoms with E-state index < -0.39 is 0 Å². The van der Waals surface area contributed by atoms with Crippen LogP contribution in [-0.4, -0.2) is 20.6 Å². The standard InChI is InChI=1S/C11H15N5/c1-9(7-16-6-5-13-8-16)15-11-10(12)3-2-4-14-11/h2-6,8-9H,7,12H2,1H3,(H,14,15). The largest absolute Gasteiger partial charge is 0.396 e. The number of rotatable bonds is 4. The van der Waals surface area contributed by atoms with Gasteiger partial charge in [0.25, 0.3) is 0 Å². The lowest BCUT2D eigenvalue weighted by atomic mass is 10.3. The molecule has 0 saturated carbocycles. The molecule has 0 aromatic carbocycles. The smallest absolute Gasteiger partial charge is 0.149 e. The van der Waals surface area contributed by atoms with Crippen molar-refractivity contribution >= 4 is 11.5 Å². The average molecular weight is 217 g/mol.